The van der Waals surface area contributed by atoms with Crippen molar-refractivity contribution in [2.45, 2.75) is 13.3 Å². The van der Waals surface area contributed by atoms with Crippen LogP contribution in [0.4, 0.5) is 0 Å². The number of aliphatic carboxylic acids is 1. The number of carbonyl (C=O) groups is 1. The zero-order valence-electron chi connectivity index (χ0n) is 13.4. The van der Waals surface area contributed by atoms with Gasteiger partial charge in [0.15, 0.2) is 0 Å². The van der Waals surface area contributed by atoms with Crippen molar-refractivity contribution in [3.8, 4) is 11.5 Å². The van der Waals surface area contributed by atoms with Gasteiger partial charge in [-0.2, -0.15) is 0 Å². The van der Waals surface area contributed by atoms with Gasteiger partial charge in [0.2, 0.25) is 0 Å². The summed E-state index contributed by atoms with van der Waals surface area (Å²) in [6.45, 7) is 2.97. The molecule has 24 heavy (non-hydrogen) atoms. The van der Waals surface area contributed by atoms with E-state index in [1.807, 2.05) is 12.1 Å². The molecule has 0 amide bonds. The molecule has 2 rings (SSSR count). The first kappa shape index (κ1) is 18.1. The Hall–Kier alpha value is -2.27. The van der Waals surface area contributed by atoms with E-state index in [1.165, 1.54) is 11.6 Å². The quantitative estimate of drug-likeness (QED) is 0.529. The monoisotopic (exact) mass is 390 g/mol. The van der Waals surface area contributed by atoms with Crippen LogP contribution >= 0.6 is 15.9 Å². The van der Waals surface area contributed by atoms with Gasteiger partial charge < -0.3 is 14.6 Å². The molecule has 0 bridgehead atoms. The van der Waals surface area contributed by atoms with Crippen LogP contribution in [0.2, 0.25) is 0 Å². The summed E-state index contributed by atoms with van der Waals surface area (Å²) in [7, 11) is 0. The van der Waals surface area contributed by atoms with Crippen LogP contribution in [-0.2, 0) is 11.2 Å². The molecule has 0 radical (unpaired) electrons. The lowest BCUT2D eigenvalue weighted by Gasteiger charge is -2.10. The number of rotatable bonds is 8. The third-order valence-corrected chi connectivity index (χ3v) is 3.94. The first-order valence-electron chi connectivity index (χ1n) is 7.63. The van der Waals surface area contributed by atoms with E-state index < -0.39 is 5.97 Å². The zero-order chi connectivity index (χ0) is 17.4. The Bertz CT molecular complexity index is 708. The van der Waals surface area contributed by atoms with Gasteiger partial charge in [0, 0.05) is 6.08 Å². The van der Waals surface area contributed by atoms with Gasteiger partial charge in [-0.05, 0) is 63.8 Å². The molecule has 0 aliphatic carbocycles. The van der Waals surface area contributed by atoms with Gasteiger partial charge in [-0.25, -0.2) is 4.79 Å². The third kappa shape index (κ3) is 5.74. The Kier molecular flexibility index (Phi) is 6.88. The molecular formula is C19H19BrO4. The maximum Gasteiger partial charge on any atom is 0.328 e. The predicted molar refractivity (Wildman–Crippen MR) is 97.6 cm³/mol. The van der Waals surface area contributed by atoms with E-state index in [2.05, 4.69) is 35.0 Å². The van der Waals surface area contributed by atoms with Gasteiger partial charge >= 0.3 is 5.97 Å². The van der Waals surface area contributed by atoms with E-state index in [9.17, 15) is 4.79 Å². The van der Waals surface area contributed by atoms with Crippen LogP contribution in [0.15, 0.2) is 53.0 Å². The summed E-state index contributed by atoms with van der Waals surface area (Å²) < 4.78 is 12.1. The van der Waals surface area contributed by atoms with Crippen molar-refractivity contribution in [2.24, 2.45) is 0 Å². The van der Waals surface area contributed by atoms with Crippen molar-refractivity contribution in [3.63, 3.8) is 0 Å². The molecule has 2 aromatic carbocycles. The summed E-state index contributed by atoms with van der Waals surface area (Å²) in [5.74, 6) is 0.534. The van der Waals surface area contributed by atoms with Crippen LogP contribution in [0, 0.1) is 0 Å². The van der Waals surface area contributed by atoms with Crippen molar-refractivity contribution >= 4 is 28.0 Å². The molecule has 0 fully saturated rings. The van der Waals surface area contributed by atoms with Gasteiger partial charge in [0.1, 0.15) is 24.7 Å². The van der Waals surface area contributed by atoms with Gasteiger partial charge in [0.25, 0.3) is 0 Å². The number of aryl methyl sites for hydroxylation is 1. The molecule has 0 unspecified atom stereocenters. The van der Waals surface area contributed by atoms with Crippen LogP contribution < -0.4 is 9.47 Å². The lowest BCUT2D eigenvalue weighted by atomic mass is 10.2. The minimum atomic E-state index is -0.976. The largest absolute Gasteiger partial charge is 0.490 e. The first-order valence-corrected chi connectivity index (χ1v) is 8.43. The van der Waals surface area contributed by atoms with Crippen LogP contribution in [-0.4, -0.2) is 24.3 Å². The second-order valence-electron chi connectivity index (χ2n) is 5.06. The van der Waals surface area contributed by atoms with Crippen molar-refractivity contribution < 1.29 is 19.4 Å². The standard InChI is InChI=1S/C19H19BrO4/c1-2-14-3-7-16(8-4-14)23-11-12-24-18-9-5-15(13-17(18)20)6-10-19(21)22/h3-10,13H,2,11-12H2,1H3,(H,21,22). The maximum absolute atomic E-state index is 10.5. The Labute approximate surface area is 149 Å². The zero-order valence-corrected chi connectivity index (χ0v) is 15.0. The normalized spacial score (nSPS) is 10.8. The summed E-state index contributed by atoms with van der Waals surface area (Å²) in [5, 5.41) is 8.63. The molecule has 0 aliphatic heterocycles. The fourth-order valence-electron chi connectivity index (χ4n) is 2.04. The van der Waals surface area contributed by atoms with Crippen LogP contribution in [0.1, 0.15) is 18.1 Å². The molecule has 0 aliphatic rings. The highest BCUT2D eigenvalue weighted by molar-refractivity contribution is 9.10. The lowest BCUT2D eigenvalue weighted by Crippen LogP contribution is -2.09. The highest BCUT2D eigenvalue weighted by Crippen LogP contribution is 2.26. The molecule has 1 N–H and O–H groups in total. The molecule has 5 heteroatoms. The Morgan fingerprint density at radius 3 is 2.46 bits per heavy atom. The first-order chi connectivity index (χ1) is 11.6. The predicted octanol–water partition coefficient (Wildman–Crippen LogP) is 4.57. The summed E-state index contributed by atoms with van der Waals surface area (Å²) in [4.78, 5) is 10.5. The number of carboxylic acids is 1. The Morgan fingerprint density at radius 2 is 1.83 bits per heavy atom. The molecule has 0 heterocycles. The Morgan fingerprint density at radius 1 is 1.12 bits per heavy atom. The van der Waals surface area contributed by atoms with Gasteiger partial charge in [-0.1, -0.05) is 25.1 Å². The highest BCUT2D eigenvalue weighted by Gasteiger charge is 2.02. The molecule has 0 aromatic heterocycles. The number of ether oxygens (including phenoxy) is 2. The fourth-order valence-corrected chi connectivity index (χ4v) is 2.55. The lowest BCUT2D eigenvalue weighted by molar-refractivity contribution is -0.131. The van der Waals surface area contributed by atoms with Crippen LogP contribution in [0.25, 0.3) is 6.08 Å². The van der Waals surface area contributed by atoms with E-state index in [1.54, 1.807) is 18.2 Å². The third-order valence-electron chi connectivity index (χ3n) is 3.32. The molecule has 0 saturated heterocycles. The van der Waals surface area contributed by atoms with Crippen molar-refractivity contribution in [1.82, 2.24) is 0 Å². The summed E-state index contributed by atoms with van der Waals surface area (Å²) in [6, 6.07) is 13.4. The summed E-state index contributed by atoms with van der Waals surface area (Å²) in [5.41, 5.74) is 2.06. The van der Waals surface area contributed by atoms with Crippen LogP contribution in [0.5, 0.6) is 11.5 Å². The minimum absolute atomic E-state index is 0.415. The second-order valence-corrected chi connectivity index (χ2v) is 5.91. The van der Waals surface area contributed by atoms with E-state index in [4.69, 9.17) is 14.6 Å². The molecule has 4 nitrogen and oxygen atoms in total. The maximum atomic E-state index is 10.5. The average molecular weight is 391 g/mol. The molecule has 0 spiro atoms. The number of carboxylic acid groups (broad SMARTS) is 1. The van der Waals surface area contributed by atoms with E-state index >= 15 is 0 Å². The molecule has 2 aromatic rings. The van der Waals surface area contributed by atoms with Crippen molar-refractivity contribution in [3.05, 3.63) is 64.1 Å². The molecular weight excluding hydrogens is 372 g/mol. The van der Waals surface area contributed by atoms with E-state index in [-0.39, 0.29) is 0 Å². The summed E-state index contributed by atoms with van der Waals surface area (Å²) >= 11 is 3.42. The van der Waals surface area contributed by atoms with E-state index in [0.717, 1.165) is 28.3 Å². The molecule has 0 atom stereocenters. The smallest absolute Gasteiger partial charge is 0.328 e. The van der Waals surface area contributed by atoms with Gasteiger partial charge in [-0.3, -0.25) is 0 Å². The highest BCUT2D eigenvalue weighted by atomic mass is 79.9. The topological polar surface area (TPSA) is 55.8 Å². The van der Waals surface area contributed by atoms with E-state index in [0.29, 0.717) is 19.0 Å². The van der Waals surface area contributed by atoms with Crippen LogP contribution in [0.3, 0.4) is 0 Å². The van der Waals surface area contributed by atoms with Crippen molar-refractivity contribution in [2.75, 3.05) is 13.2 Å². The summed E-state index contributed by atoms with van der Waals surface area (Å²) in [6.07, 6.45) is 3.63. The SMILES string of the molecule is CCc1ccc(OCCOc2ccc(C=CC(=O)O)cc2Br)cc1. The second kappa shape index (κ2) is 9.13. The number of hydrogen-bond acceptors (Lipinski definition) is 3. The number of hydrogen-bond donors (Lipinski definition) is 1. The fraction of sp³-hybridized carbons (Fsp3) is 0.211. The molecule has 126 valence electrons. The number of benzene rings is 2. The Balaban J connectivity index is 1.82. The van der Waals surface area contributed by atoms with Gasteiger partial charge in [-0.15, -0.1) is 0 Å². The minimum Gasteiger partial charge on any atom is -0.490 e. The van der Waals surface area contributed by atoms with Crippen molar-refractivity contribution in [1.29, 1.82) is 0 Å². The molecule has 0 saturated carbocycles. The average Bonchev–Trinajstić information content (AvgIpc) is 2.58. The number of halogens is 1. The van der Waals surface area contributed by atoms with Gasteiger partial charge in [0.05, 0.1) is 4.47 Å².